The van der Waals surface area contributed by atoms with Crippen molar-refractivity contribution in [1.82, 2.24) is 5.32 Å². The number of hydrogen-bond acceptors (Lipinski definition) is 3. The first-order chi connectivity index (χ1) is 8.70. The van der Waals surface area contributed by atoms with Crippen molar-refractivity contribution in [1.29, 1.82) is 0 Å². The van der Waals surface area contributed by atoms with Crippen LogP contribution in [0.25, 0.3) is 0 Å². The van der Waals surface area contributed by atoms with Crippen LogP contribution in [-0.2, 0) is 0 Å². The van der Waals surface area contributed by atoms with Crippen LogP contribution in [0.3, 0.4) is 0 Å². The van der Waals surface area contributed by atoms with Gasteiger partial charge in [0.15, 0.2) is 0 Å². The molecule has 1 saturated heterocycles. The third kappa shape index (κ3) is 3.30. The van der Waals surface area contributed by atoms with Gasteiger partial charge in [-0.15, -0.1) is 0 Å². The number of piperidine rings is 1. The highest BCUT2D eigenvalue weighted by molar-refractivity contribution is 6.31. The molecule has 18 heavy (non-hydrogen) atoms. The van der Waals surface area contributed by atoms with E-state index < -0.39 is 0 Å². The molecule has 1 fully saturated rings. The van der Waals surface area contributed by atoms with Crippen LogP contribution < -0.4 is 15.4 Å². The number of anilines is 1. The Balaban J connectivity index is 2.03. The maximum atomic E-state index is 6.10. The molecule has 0 aliphatic carbocycles. The fourth-order valence-corrected chi connectivity index (χ4v) is 2.75. The van der Waals surface area contributed by atoms with Gasteiger partial charge in [-0.3, -0.25) is 0 Å². The van der Waals surface area contributed by atoms with E-state index in [0.717, 1.165) is 47.6 Å². The summed E-state index contributed by atoms with van der Waals surface area (Å²) in [4.78, 5) is 0. The van der Waals surface area contributed by atoms with Crippen LogP contribution in [-0.4, -0.2) is 26.7 Å². The second kappa shape index (κ2) is 6.30. The number of benzene rings is 1. The van der Waals surface area contributed by atoms with Crippen molar-refractivity contribution in [2.75, 3.05) is 32.1 Å². The second-order valence-corrected chi connectivity index (χ2v) is 5.31. The summed E-state index contributed by atoms with van der Waals surface area (Å²) in [5.74, 6) is 1.63. The molecule has 2 rings (SSSR count). The molecule has 0 saturated carbocycles. The van der Waals surface area contributed by atoms with Gasteiger partial charge in [-0.25, -0.2) is 0 Å². The van der Waals surface area contributed by atoms with Crippen LogP contribution in [0.15, 0.2) is 12.1 Å². The molecular weight excluding hydrogens is 248 g/mol. The highest BCUT2D eigenvalue weighted by Gasteiger charge is 2.14. The van der Waals surface area contributed by atoms with E-state index in [9.17, 15) is 0 Å². The predicted octanol–water partition coefficient (Wildman–Crippen LogP) is 3.07. The number of ether oxygens (including phenoxy) is 1. The van der Waals surface area contributed by atoms with E-state index in [1.807, 2.05) is 19.1 Å². The molecule has 1 aromatic rings. The smallest absolute Gasteiger partial charge is 0.144 e. The summed E-state index contributed by atoms with van der Waals surface area (Å²) in [5.41, 5.74) is 2.07. The summed E-state index contributed by atoms with van der Waals surface area (Å²) < 4.78 is 5.44. The highest BCUT2D eigenvalue weighted by atomic mass is 35.5. The molecule has 0 unspecified atom stereocenters. The molecule has 1 aliphatic heterocycles. The van der Waals surface area contributed by atoms with Crippen molar-refractivity contribution < 1.29 is 4.74 Å². The van der Waals surface area contributed by atoms with Gasteiger partial charge in [0.1, 0.15) is 5.75 Å². The molecule has 100 valence electrons. The fourth-order valence-electron chi connectivity index (χ4n) is 2.47. The lowest BCUT2D eigenvalue weighted by atomic mass is 9.98. The summed E-state index contributed by atoms with van der Waals surface area (Å²) in [6, 6.07) is 3.87. The largest absolute Gasteiger partial charge is 0.494 e. The normalized spacial score (nSPS) is 16.6. The van der Waals surface area contributed by atoms with Gasteiger partial charge in [-0.05, 0) is 56.5 Å². The molecule has 3 nitrogen and oxygen atoms in total. The maximum Gasteiger partial charge on any atom is 0.144 e. The number of aryl methyl sites for hydroxylation is 1. The average Bonchev–Trinajstić information content (AvgIpc) is 2.37. The van der Waals surface area contributed by atoms with Crippen LogP contribution in [0, 0.1) is 12.8 Å². The summed E-state index contributed by atoms with van der Waals surface area (Å²) in [6.45, 7) is 5.24. The zero-order valence-electron chi connectivity index (χ0n) is 11.1. The van der Waals surface area contributed by atoms with Gasteiger partial charge >= 0.3 is 0 Å². The minimum absolute atomic E-state index is 0.732. The Bertz CT molecular complexity index is 403. The van der Waals surface area contributed by atoms with E-state index in [0.29, 0.717) is 0 Å². The molecule has 1 aliphatic rings. The van der Waals surface area contributed by atoms with Crippen LogP contribution in [0.5, 0.6) is 5.75 Å². The quantitative estimate of drug-likeness (QED) is 0.881. The van der Waals surface area contributed by atoms with Gasteiger partial charge in [0.2, 0.25) is 0 Å². The highest BCUT2D eigenvalue weighted by Crippen LogP contribution is 2.32. The summed E-state index contributed by atoms with van der Waals surface area (Å²) in [7, 11) is 1.70. The topological polar surface area (TPSA) is 33.3 Å². The SMILES string of the molecule is COc1c(C)cc(Cl)cc1NCC1CCNCC1. The van der Waals surface area contributed by atoms with Crippen molar-refractivity contribution in [3.05, 3.63) is 22.7 Å². The zero-order chi connectivity index (χ0) is 13.0. The molecule has 0 atom stereocenters. The minimum atomic E-state index is 0.732. The molecule has 4 heteroatoms. The van der Waals surface area contributed by atoms with Gasteiger partial charge < -0.3 is 15.4 Å². The van der Waals surface area contributed by atoms with Crippen LogP contribution in [0.1, 0.15) is 18.4 Å². The standard InChI is InChI=1S/C14H21ClN2O/c1-10-7-12(15)8-13(14(10)18-2)17-9-11-3-5-16-6-4-11/h7-8,11,16-17H,3-6,9H2,1-2H3. The van der Waals surface area contributed by atoms with E-state index in [4.69, 9.17) is 16.3 Å². The van der Waals surface area contributed by atoms with E-state index in [-0.39, 0.29) is 0 Å². The van der Waals surface area contributed by atoms with Gasteiger partial charge in [-0.2, -0.15) is 0 Å². The summed E-state index contributed by atoms with van der Waals surface area (Å²) in [5, 5.41) is 7.61. The lowest BCUT2D eigenvalue weighted by molar-refractivity contribution is 0.387. The molecule has 0 spiro atoms. The molecule has 1 aromatic carbocycles. The number of hydrogen-bond donors (Lipinski definition) is 2. The van der Waals surface area contributed by atoms with E-state index in [1.54, 1.807) is 7.11 Å². The molecule has 0 amide bonds. The molecule has 0 radical (unpaired) electrons. The Hall–Kier alpha value is -0.930. The summed E-state index contributed by atoms with van der Waals surface area (Å²) >= 11 is 6.10. The minimum Gasteiger partial charge on any atom is -0.494 e. The lowest BCUT2D eigenvalue weighted by Crippen LogP contribution is -2.31. The first-order valence-corrected chi connectivity index (χ1v) is 6.87. The number of halogens is 1. The molecule has 2 N–H and O–H groups in total. The third-order valence-corrected chi connectivity index (χ3v) is 3.70. The monoisotopic (exact) mass is 268 g/mol. The first-order valence-electron chi connectivity index (χ1n) is 6.49. The summed E-state index contributed by atoms with van der Waals surface area (Å²) in [6.07, 6.45) is 2.46. The first kappa shape index (κ1) is 13.5. The molecular formula is C14H21ClN2O. The van der Waals surface area contributed by atoms with Crippen molar-refractivity contribution >= 4 is 17.3 Å². The van der Waals surface area contributed by atoms with Crippen LogP contribution >= 0.6 is 11.6 Å². The predicted molar refractivity (Wildman–Crippen MR) is 76.8 cm³/mol. The average molecular weight is 269 g/mol. The van der Waals surface area contributed by atoms with Gasteiger partial charge in [0.25, 0.3) is 0 Å². The number of nitrogens with one attached hydrogen (secondary N) is 2. The Morgan fingerprint density at radius 3 is 2.78 bits per heavy atom. The van der Waals surface area contributed by atoms with Crippen molar-refractivity contribution in [2.45, 2.75) is 19.8 Å². The maximum absolute atomic E-state index is 6.10. The van der Waals surface area contributed by atoms with Crippen molar-refractivity contribution in [2.24, 2.45) is 5.92 Å². The molecule has 0 bridgehead atoms. The Labute approximate surface area is 114 Å². The Kier molecular flexibility index (Phi) is 4.72. The van der Waals surface area contributed by atoms with E-state index in [1.165, 1.54) is 12.8 Å². The lowest BCUT2D eigenvalue weighted by Gasteiger charge is -2.24. The van der Waals surface area contributed by atoms with Gasteiger partial charge in [-0.1, -0.05) is 11.6 Å². The van der Waals surface area contributed by atoms with Crippen LogP contribution in [0.4, 0.5) is 5.69 Å². The van der Waals surface area contributed by atoms with Gasteiger partial charge in [0.05, 0.1) is 12.8 Å². The van der Waals surface area contributed by atoms with Crippen molar-refractivity contribution in [3.63, 3.8) is 0 Å². The number of rotatable bonds is 4. The molecule has 0 aromatic heterocycles. The fraction of sp³-hybridized carbons (Fsp3) is 0.571. The van der Waals surface area contributed by atoms with Crippen molar-refractivity contribution in [3.8, 4) is 5.75 Å². The Morgan fingerprint density at radius 2 is 2.11 bits per heavy atom. The zero-order valence-corrected chi connectivity index (χ0v) is 11.8. The number of methoxy groups -OCH3 is 1. The second-order valence-electron chi connectivity index (χ2n) is 4.88. The van der Waals surface area contributed by atoms with E-state index >= 15 is 0 Å². The van der Waals surface area contributed by atoms with E-state index in [2.05, 4.69) is 10.6 Å². The van der Waals surface area contributed by atoms with Gasteiger partial charge in [0, 0.05) is 11.6 Å². The Morgan fingerprint density at radius 1 is 1.39 bits per heavy atom. The third-order valence-electron chi connectivity index (χ3n) is 3.48. The van der Waals surface area contributed by atoms with Crippen LogP contribution in [0.2, 0.25) is 5.02 Å². The molecule has 1 heterocycles.